The fourth-order valence-electron chi connectivity index (χ4n) is 3.40. The van der Waals surface area contributed by atoms with Crippen molar-refractivity contribution in [2.45, 2.75) is 38.2 Å². The average molecular weight is 325 g/mol. The van der Waals surface area contributed by atoms with Gasteiger partial charge in [0.2, 0.25) is 5.91 Å². The van der Waals surface area contributed by atoms with Gasteiger partial charge in [-0.3, -0.25) is 4.79 Å². The lowest BCUT2D eigenvalue weighted by atomic mass is 10.0. The Balaban J connectivity index is 1.66. The van der Waals surface area contributed by atoms with Gasteiger partial charge >= 0.3 is 0 Å². The third kappa shape index (κ3) is 3.95. The highest BCUT2D eigenvalue weighted by molar-refractivity contribution is 5.91. The molecule has 1 aromatic rings. The maximum atomic E-state index is 12.1. The molecule has 5 heteroatoms. The molecule has 0 bridgehead atoms. The molecule has 0 saturated carbocycles. The van der Waals surface area contributed by atoms with Crippen molar-refractivity contribution in [2.75, 3.05) is 23.3 Å². The van der Waals surface area contributed by atoms with Gasteiger partial charge in [-0.15, -0.1) is 0 Å². The van der Waals surface area contributed by atoms with Crippen molar-refractivity contribution >= 4 is 17.3 Å². The highest BCUT2D eigenvalue weighted by Crippen LogP contribution is 2.27. The number of nitrogens with zero attached hydrogens (tertiary/aromatic N) is 2. The maximum absolute atomic E-state index is 12.1. The van der Waals surface area contributed by atoms with Crippen LogP contribution in [0.4, 0.5) is 11.4 Å². The number of carbonyl (C=O) groups excluding carboxylic acids is 1. The molecule has 0 aromatic heterocycles. The summed E-state index contributed by atoms with van der Waals surface area (Å²) in [5.74, 6) is 0.323. The molecule has 1 aliphatic carbocycles. The summed E-state index contributed by atoms with van der Waals surface area (Å²) in [6.07, 6.45) is 8.01. The number of piperidine rings is 1. The molecule has 24 heavy (non-hydrogen) atoms. The summed E-state index contributed by atoms with van der Waals surface area (Å²) in [7, 11) is 0. The second-order valence-electron chi connectivity index (χ2n) is 6.58. The van der Waals surface area contributed by atoms with Crippen molar-refractivity contribution in [3.8, 4) is 6.07 Å². The second-order valence-corrected chi connectivity index (χ2v) is 6.58. The first-order valence-electron chi connectivity index (χ1n) is 8.59. The second kappa shape index (κ2) is 7.50. The number of benzene rings is 1. The van der Waals surface area contributed by atoms with Crippen LogP contribution in [0.1, 0.15) is 37.7 Å². The van der Waals surface area contributed by atoms with Gasteiger partial charge < -0.3 is 15.3 Å². The Morgan fingerprint density at radius 3 is 2.79 bits per heavy atom. The van der Waals surface area contributed by atoms with Crippen LogP contribution in [0.3, 0.4) is 0 Å². The van der Waals surface area contributed by atoms with E-state index >= 15 is 0 Å². The molecule has 5 nitrogen and oxygen atoms in total. The zero-order chi connectivity index (χ0) is 16.9. The van der Waals surface area contributed by atoms with Crippen LogP contribution in [0.15, 0.2) is 30.4 Å². The van der Waals surface area contributed by atoms with Crippen molar-refractivity contribution < 1.29 is 9.90 Å². The van der Waals surface area contributed by atoms with Crippen LogP contribution < -0.4 is 10.2 Å². The lowest BCUT2D eigenvalue weighted by molar-refractivity contribution is -0.116. The van der Waals surface area contributed by atoms with E-state index in [4.69, 9.17) is 0 Å². The van der Waals surface area contributed by atoms with E-state index in [1.165, 1.54) is 0 Å². The van der Waals surface area contributed by atoms with Crippen LogP contribution in [-0.2, 0) is 4.79 Å². The minimum atomic E-state index is -0.241. The molecule has 1 fully saturated rings. The van der Waals surface area contributed by atoms with Gasteiger partial charge in [0, 0.05) is 25.2 Å². The number of allylic oxidation sites excluding steroid dienone is 2. The Labute approximate surface area is 142 Å². The molecule has 1 aliphatic heterocycles. The van der Waals surface area contributed by atoms with E-state index in [2.05, 4.69) is 28.4 Å². The monoisotopic (exact) mass is 325 g/mol. The predicted molar refractivity (Wildman–Crippen MR) is 93.7 cm³/mol. The first kappa shape index (κ1) is 16.5. The number of amides is 1. The fraction of sp³-hybridized carbons (Fsp3) is 0.474. The Morgan fingerprint density at radius 1 is 1.33 bits per heavy atom. The molecule has 1 amide bonds. The molecule has 1 saturated heterocycles. The van der Waals surface area contributed by atoms with Gasteiger partial charge in [-0.25, -0.2) is 0 Å². The van der Waals surface area contributed by atoms with Gasteiger partial charge in [0.15, 0.2) is 0 Å². The quantitative estimate of drug-likeness (QED) is 0.835. The van der Waals surface area contributed by atoms with E-state index in [1.807, 2.05) is 12.1 Å². The van der Waals surface area contributed by atoms with E-state index in [9.17, 15) is 15.2 Å². The summed E-state index contributed by atoms with van der Waals surface area (Å²) in [5, 5.41) is 22.0. The van der Waals surface area contributed by atoms with E-state index < -0.39 is 0 Å². The molecule has 126 valence electrons. The molecule has 2 aliphatic rings. The number of rotatable bonds is 4. The third-order valence-corrected chi connectivity index (χ3v) is 4.77. The van der Waals surface area contributed by atoms with Crippen molar-refractivity contribution in [2.24, 2.45) is 5.92 Å². The summed E-state index contributed by atoms with van der Waals surface area (Å²) in [6.45, 7) is 1.49. The SMILES string of the molecule is N#Cc1cc(NC(=O)C[C@@H]2C=CCC2)ccc1N1CCC(O)CC1. The normalized spacial score (nSPS) is 20.8. The van der Waals surface area contributed by atoms with Crippen molar-refractivity contribution in [3.05, 3.63) is 35.9 Å². The van der Waals surface area contributed by atoms with Gasteiger partial charge in [-0.2, -0.15) is 5.26 Å². The topological polar surface area (TPSA) is 76.4 Å². The molecule has 1 atom stereocenters. The lowest BCUT2D eigenvalue weighted by Gasteiger charge is -2.32. The minimum absolute atomic E-state index is 0.00992. The van der Waals surface area contributed by atoms with E-state index in [0.717, 1.165) is 44.5 Å². The number of hydrogen-bond acceptors (Lipinski definition) is 4. The number of aliphatic hydroxyl groups excluding tert-OH is 1. The number of hydrogen-bond donors (Lipinski definition) is 2. The van der Waals surface area contributed by atoms with Crippen LogP contribution in [0.2, 0.25) is 0 Å². The Kier molecular flexibility index (Phi) is 5.17. The molecule has 0 unspecified atom stereocenters. The zero-order valence-corrected chi connectivity index (χ0v) is 13.7. The number of anilines is 2. The van der Waals surface area contributed by atoms with Crippen LogP contribution in [-0.4, -0.2) is 30.2 Å². The molecule has 3 rings (SSSR count). The number of nitriles is 1. The molecular weight excluding hydrogens is 302 g/mol. The number of nitrogens with one attached hydrogen (secondary N) is 1. The largest absolute Gasteiger partial charge is 0.393 e. The highest BCUT2D eigenvalue weighted by atomic mass is 16.3. The zero-order valence-electron chi connectivity index (χ0n) is 13.7. The molecule has 1 heterocycles. The molecule has 0 radical (unpaired) electrons. The van der Waals surface area contributed by atoms with E-state index in [0.29, 0.717) is 23.6 Å². The first-order valence-corrected chi connectivity index (χ1v) is 8.59. The van der Waals surface area contributed by atoms with Crippen LogP contribution >= 0.6 is 0 Å². The van der Waals surface area contributed by atoms with Crippen LogP contribution in [0, 0.1) is 17.2 Å². The highest BCUT2D eigenvalue weighted by Gasteiger charge is 2.20. The van der Waals surface area contributed by atoms with E-state index in [-0.39, 0.29) is 12.0 Å². The average Bonchev–Trinajstić information content (AvgIpc) is 3.08. The maximum Gasteiger partial charge on any atom is 0.224 e. The van der Waals surface area contributed by atoms with Crippen LogP contribution in [0.25, 0.3) is 0 Å². The smallest absolute Gasteiger partial charge is 0.224 e. The Bertz CT molecular complexity index is 670. The minimum Gasteiger partial charge on any atom is -0.393 e. The predicted octanol–water partition coefficient (Wildman–Crippen LogP) is 2.81. The molecular formula is C19H23N3O2. The lowest BCUT2D eigenvalue weighted by Crippen LogP contribution is -2.36. The molecule has 0 spiro atoms. The van der Waals surface area contributed by atoms with Crippen molar-refractivity contribution in [1.82, 2.24) is 0 Å². The summed E-state index contributed by atoms with van der Waals surface area (Å²) in [6, 6.07) is 7.70. The van der Waals surface area contributed by atoms with Crippen molar-refractivity contribution in [1.29, 1.82) is 5.26 Å². The van der Waals surface area contributed by atoms with Gasteiger partial charge in [0.05, 0.1) is 17.4 Å². The van der Waals surface area contributed by atoms with Gasteiger partial charge in [-0.05, 0) is 49.8 Å². The fourth-order valence-corrected chi connectivity index (χ4v) is 3.40. The standard InChI is InChI=1S/C19H23N3O2/c20-13-15-12-16(21-19(24)11-14-3-1-2-4-14)5-6-18(15)22-9-7-17(23)8-10-22/h1,3,5-6,12,14,17,23H,2,4,7-11H2,(H,21,24)/t14-/m1/s1. The van der Waals surface area contributed by atoms with Gasteiger partial charge in [-0.1, -0.05) is 12.2 Å². The third-order valence-electron chi connectivity index (χ3n) is 4.77. The summed E-state index contributed by atoms with van der Waals surface area (Å²) in [4.78, 5) is 14.2. The summed E-state index contributed by atoms with van der Waals surface area (Å²) >= 11 is 0. The number of aliphatic hydroxyl groups is 1. The molecule has 1 aromatic carbocycles. The molecule has 2 N–H and O–H groups in total. The summed E-state index contributed by atoms with van der Waals surface area (Å²) < 4.78 is 0. The van der Waals surface area contributed by atoms with Crippen LogP contribution in [0.5, 0.6) is 0 Å². The number of carbonyl (C=O) groups is 1. The summed E-state index contributed by atoms with van der Waals surface area (Å²) in [5.41, 5.74) is 2.10. The van der Waals surface area contributed by atoms with Crippen molar-refractivity contribution in [3.63, 3.8) is 0 Å². The van der Waals surface area contributed by atoms with Gasteiger partial charge in [0.1, 0.15) is 6.07 Å². The van der Waals surface area contributed by atoms with Gasteiger partial charge in [0.25, 0.3) is 0 Å². The Hall–Kier alpha value is -2.32. The van der Waals surface area contributed by atoms with E-state index in [1.54, 1.807) is 6.07 Å². The first-order chi connectivity index (χ1) is 11.7. The Morgan fingerprint density at radius 2 is 2.12 bits per heavy atom.